The Morgan fingerprint density at radius 1 is 1.62 bits per heavy atom. The van der Waals surface area contributed by atoms with Gasteiger partial charge in [0, 0.05) is 24.1 Å². The van der Waals surface area contributed by atoms with E-state index >= 15 is 0 Å². The lowest BCUT2D eigenvalue weighted by Gasteiger charge is -1.90. The van der Waals surface area contributed by atoms with Crippen molar-refractivity contribution >= 4 is 17.9 Å². The summed E-state index contributed by atoms with van der Waals surface area (Å²) in [6.45, 7) is 0. The number of hydrogen-bond donors (Lipinski definition) is 0. The van der Waals surface area contributed by atoms with Crippen molar-refractivity contribution in [3.63, 3.8) is 0 Å². The van der Waals surface area contributed by atoms with Gasteiger partial charge in [-0.2, -0.15) is 0 Å². The second kappa shape index (κ2) is 5.34. The molecule has 1 heterocycles. The highest BCUT2D eigenvalue weighted by Gasteiger charge is 1.91. The molecule has 2 nitrogen and oxygen atoms in total. The van der Waals surface area contributed by atoms with E-state index in [0.29, 0.717) is 23.6 Å². The number of aromatic nitrogens is 1. The second-order valence-corrected chi connectivity index (χ2v) is 2.71. The smallest absolute Gasteiger partial charge is 0.150 e. The van der Waals surface area contributed by atoms with E-state index in [1.807, 2.05) is 0 Å². The van der Waals surface area contributed by atoms with E-state index in [1.54, 1.807) is 18.3 Å². The SMILES string of the molecule is O=Cc1ccnc(C#CCCCl)c1. The van der Waals surface area contributed by atoms with Crippen molar-refractivity contribution in [3.8, 4) is 11.8 Å². The third kappa shape index (κ3) is 3.27. The zero-order valence-corrected chi connectivity index (χ0v) is 7.71. The topological polar surface area (TPSA) is 30.0 Å². The summed E-state index contributed by atoms with van der Waals surface area (Å²) in [5, 5.41) is 0. The Hall–Kier alpha value is -1.33. The zero-order valence-electron chi connectivity index (χ0n) is 6.96. The summed E-state index contributed by atoms with van der Waals surface area (Å²) < 4.78 is 0. The first-order chi connectivity index (χ1) is 6.36. The first kappa shape index (κ1) is 9.76. The predicted molar refractivity (Wildman–Crippen MR) is 51.8 cm³/mol. The summed E-state index contributed by atoms with van der Waals surface area (Å²) in [6.07, 6.45) is 2.97. The van der Waals surface area contributed by atoms with Gasteiger partial charge in [-0.25, -0.2) is 4.98 Å². The normalized spacial score (nSPS) is 8.69. The molecular weight excluding hydrogens is 186 g/mol. The lowest BCUT2D eigenvalue weighted by molar-refractivity contribution is 0.112. The number of nitrogens with zero attached hydrogens (tertiary/aromatic N) is 1. The second-order valence-electron chi connectivity index (χ2n) is 2.33. The van der Waals surface area contributed by atoms with Crippen molar-refractivity contribution in [2.75, 3.05) is 5.88 Å². The number of pyridine rings is 1. The predicted octanol–water partition coefficient (Wildman–Crippen LogP) is 1.87. The molecular formula is C10H8ClNO. The van der Waals surface area contributed by atoms with Gasteiger partial charge in [-0.15, -0.1) is 11.6 Å². The number of rotatable bonds is 2. The minimum Gasteiger partial charge on any atom is -0.298 e. The Balaban J connectivity index is 2.79. The maximum Gasteiger partial charge on any atom is 0.150 e. The van der Waals surface area contributed by atoms with Crippen LogP contribution >= 0.6 is 11.6 Å². The molecule has 0 aliphatic carbocycles. The molecule has 0 aliphatic rings. The van der Waals surface area contributed by atoms with E-state index < -0.39 is 0 Å². The minimum absolute atomic E-state index is 0.514. The van der Waals surface area contributed by atoms with E-state index in [-0.39, 0.29) is 0 Å². The van der Waals surface area contributed by atoms with Crippen LogP contribution in [0.5, 0.6) is 0 Å². The molecule has 0 fully saturated rings. The van der Waals surface area contributed by atoms with Gasteiger partial charge in [0.05, 0.1) is 0 Å². The van der Waals surface area contributed by atoms with Gasteiger partial charge in [0.15, 0.2) is 0 Å². The molecule has 1 rings (SSSR count). The maximum absolute atomic E-state index is 10.4. The fourth-order valence-electron chi connectivity index (χ4n) is 0.789. The van der Waals surface area contributed by atoms with Gasteiger partial charge >= 0.3 is 0 Å². The van der Waals surface area contributed by atoms with Crippen LogP contribution < -0.4 is 0 Å². The lowest BCUT2D eigenvalue weighted by Crippen LogP contribution is -1.85. The van der Waals surface area contributed by atoms with E-state index in [4.69, 9.17) is 11.6 Å². The van der Waals surface area contributed by atoms with Crippen LogP contribution in [0.15, 0.2) is 18.3 Å². The van der Waals surface area contributed by atoms with Crippen LogP contribution in [-0.2, 0) is 0 Å². The Labute approximate surface area is 81.9 Å². The van der Waals surface area contributed by atoms with Crippen LogP contribution in [-0.4, -0.2) is 17.2 Å². The standard InChI is InChI=1S/C10H8ClNO/c11-5-2-1-3-10-7-9(8-13)4-6-12-10/h4,6-8H,2,5H2. The molecule has 1 aromatic heterocycles. The average molecular weight is 194 g/mol. The Kier molecular flexibility index (Phi) is 4.01. The molecule has 66 valence electrons. The van der Waals surface area contributed by atoms with Gasteiger partial charge in [0.25, 0.3) is 0 Å². The third-order valence-corrected chi connectivity index (χ3v) is 1.55. The number of alkyl halides is 1. The van der Waals surface area contributed by atoms with E-state index in [2.05, 4.69) is 16.8 Å². The largest absolute Gasteiger partial charge is 0.298 e. The third-order valence-electron chi connectivity index (χ3n) is 1.36. The lowest BCUT2D eigenvalue weighted by atomic mass is 10.2. The molecule has 0 aromatic carbocycles. The average Bonchev–Trinajstić information content (AvgIpc) is 2.19. The summed E-state index contributed by atoms with van der Waals surface area (Å²) in [5.74, 6) is 6.17. The Bertz CT molecular complexity index is 351. The molecule has 0 spiro atoms. The van der Waals surface area contributed by atoms with Crippen LogP contribution in [0.2, 0.25) is 0 Å². The fourth-order valence-corrected chi connectivity index (χ4v) is 0.883. The molecule has 3 heteroatoms. The molecule has 0 saturated heterocycles. The number of aldehydes is 1. The summed E-state index contributed by atoms with van der Waals surface area (Å²) >= 11 is 5.45. The molecule has 0 amide bonds. The first-order valence-electron chi connectivity index (χ1n) is 3.83. The van der Waals surface area contributed by atoms with Crippen LogP contribution in [0, 0.1) is 11.8 Å². The van der Waals surface area contributed by atoms with Crippen molar-refractivity contribution < 1.29 is 4.79 Å². The summed E-state index contributed by atoms with van der Waals surface area (Å²) in [5.41, 5.74) is 1.19. The minimum atomic E-state index is 0.514. The highest BCUT2D eigenvalue weighted by atomic mass is 35.5. The summed E-state index contributed by atoms with van der Waals surface area (Å²) in [6, 6.07) is 3.29. The molecule has 0 atom stereocenters. The Morgan fingerprint density at radius 3 is 3.15 bits per heavy atom. The number of hydrogen-bond acceptors (Lipinski definition) is 2. The number of carbonyl (C=O) groups excluding carboxylic acids is 1. The molecule has 0 bridgehead atoms. The molecule has 0 saturated carbocycles. The number of halogens is 1. The van der Waals surface area contributed by atoms with Crippen molar-refractivity contribution in [1.82, 2.24) is 4.98 Å². The van der Waals surface area contributed by atoms with Gasteiger partial charge < -0.3 is 0 Å². The molecule has 0 aliphatic heterocycles. The first-order valence-corrected chi connectivity index (χ1v) is 4.36. The van der Waals surface area contributed by atoms with Crippen molar-refractivity contribution in [1.29, 1.82) is 0 Å². The van der Waals surface area contributed by atoms with E-state index in [0.717, 1.165) is 6.29 Å². The van der Waals surface area contributed by atoms with E-state index in [1.165, 1.54) is 0 Å². The van der Waals surface area contributed by atoms with Crippen molar-refractivity contribution in [3.05, 3.63) is 29.6 Å². The maximum atomic E-state index is 10.4. The van der Waals surface area contributed by atoms with Crippen LogP contribution in [0.3, 0.4) is 0 Å². The van der Waals surface area contributed by atoms with Crippen LogP contribution in [0.1, 0.15) is 22.5 Å². The quantitative estimate of drug-likeness (QED) is 0.408. The number of carbonyl (C=O) groups is 1. The molecule has 1 aromatic rings. The van der Waals surface area contributed by atoms with Gasteiger partial charge in [-0.3, -0.25) is 4.79 Å². The van der Waals surface area contributed by atoms with Crippen molar-refractivity contribution in [2.45, 2.75) is 6.42 Å². The summed E-state index contributed by atoms with van der Waals surface area (Å²) in [4.78, 5) is 14.4. The van der Waals surface area contributed by atoms with Gasteiger partial charge in [0.2, 0.25) is 0 Å². The Morgan fingerprint density at radius 2 is 2.46 bits per heavy atom. The van der Waals surface area contributed by atoms with Gasteiger partial charge in [-0.1, -0.05) is 5.92 Å². The van der Waals surface area contributed by atoms with Crippen LogP contribution in [0.25, 0.3) is 0 Å². The molecule has 0 N–H and O–H groups in total. The summed E-state index contributed by atoms with van der Waals surface area (Å²) in [7, 11) is 0. The van der Waals surface area contributed by atoms with Gasteiger partial charge in [-0.05, 0) is 18.1 Å². The van der Waals surface area contributed by atoms with Crippen LogP contribution in [0.4, 0.5) is 0 Å². The van der Waals surface area contributed by atoms with E-state index in [9.17, 15) is 4.79 Å². The van der Waals surface area contributed by atoms with Crippen molar-refractivity contribution in [2.24, 2.45) is 0 Å². The highest BCUT2D eigenvalue weighted by Crippen LogP contribution is 1.97. The molecule has 0 radical (unpaired) electrons. The molecule has 0 unspecified atom stereocenters. The highest BCUT2D eigenvalue weighted by molar-refractivity contribution is 6.18. The fraction of sp³-hybridized carbons (Fsp3) is 0.200. The monoisotopic (exact) mass is 193 g/mol. The van der Waals surface area contributed by atoms with Gasteiger partial charge in [0.1, 0.15) is 12.0 Å². The zero-order chi connectivity index (χ0) is 9.52. The molecule has 13 heavy (non-hydrogen) atoms.